The lowest BCUT2D eigenvalue weighted by Crippen LogP contribution is -2.02. The Hall–Kier alpha value is -7.34. The first kappa shape index (κ1) is 32.0. The van der Waals surface area contributed by atoms with Crippen LogP contribution in [-0.4, -0.2) is 19.1 Å². The number of hydrogen-bond acceptors (Lipinski definition) is 3. The van der Waals surface area contributed by atoms with E-state index >= 15 is 0 Å². The van der Waals surface area contributed by atoms with Crippen molar-refractivity contribution in [2.24, 2.45) is 0 Å². The minimum absolute atomic E-state index is 0.671. The monoisotopic (exact) mass is 744 g/mol. The molecule has 0 fully saturated rings. The van der Waals surface area contributed by atoms with Gasteiger partial charge in [-0.15, -0.1) is 11.3 Å². The van der Waals surface area contributed by atoms with Gasteiger partial charge in [-0.2, -0.15) is 0 Å². The molecule has 4 nitrogen and oxygen atoms in total. The number of thiophene rings is 1. The van der Waals surface area contributed by atoms with Gasteiger partial charge in [0.1, 0.15) is 4.83 Å². The van der Waals surface area contributed by atoms with Crippen molar-refractivity contribution >= 4 is 75.9 Å². The highest BCUT2D eigenvalue weighted by Crippen LogP contribution is 2.40. The van der Waals surface area contributed by atoms with Crippen molar-refractivity contribution in [3.63, 3.8) is 0 Å². The predicted molar refractivity (Wildman–Crippen MR) is 240 cm³/mol. The molecule has 0 bridgehead atoms. The first-order valence-corrected chi connectivity index (χ1v) is 20.1. The van der Waals surface area contributed by atoms with Crippen LogP contribution in [0.4, 0.5) is 0 Å². The standard InChI is InChI=1S/C52H32N4S/c1-2-16-38(17-3-1)55-46-22-8-6-19-41(46)44-31-34(24-26-48(44)55)35-25-27-49-45(32-35)42-20-7-9-23-47(42)56(49)52-53-50(43-28-29-57-51(43)54-52)37-15-10-14-36(30-37)40-21-11-13-33-12-4-5-18-39(33)40/h1-32H. The van der Waals surface area contributed by atoms with E-state index in [1.807, 2.05) is 0 Å². The summed E-state index contributed by atoms with van der Waals surface area (Å²) in [6.07, 6.45) is 0. The fourth-order valence-corrected chi connectivity index (χ4v) is 9.61. The Morgan fingerprint density at radius 1 is 0.368 bits per heavy atom. The third-order valence-corrected chi connectivity index (χ3v) is 12.2. The summed E-state index contributed by atoms with van der Waals surface area (Å²) in [6.45, 7) is 0. The van der Waals surface area contributed by atoms with E-state index in [4.69, 9.17) is 9.97 Å². The van der Waals surface area contributed by atoms with Gasteiger partial charge in [0.25, 0.3) is 0 Å². The van der Waals surface area contributed by atoms with Gasteiger partial charge in [0.2, 0.25) is 5.95 Å². The third kappa shape index (κ3) is 4.99. The average Bonchev–Trinajstić information content (AvgIpc) is 3.98. The molecule has 12 rings (SSSR count). The topological polar surface area (TPSA) is 35.6 Å². The SMILES string of the molecule is c1ccc(-n2c3ccccc3c3cc(-c4ccc5c(c4)c4ccccc4n5-c4nc(-c5cccc(-c6cccc7ccccc67)c5)c5ccsc5n4)ccc32)cc1. The Balaban J connectivity index is 1.02. The lowest BCUT2D eigenvalue weighted by molar-refractivity contribution is 1.02. The maximum Gasteiger partial charge on any atom is 0.236 e. The van der Waals surface area contributed by atoms with E-state index in [-0.39, 0.29) is 0 Å². The number of nitrogens with zero attached hydrogens (tertiary/aromatic N) is 4. The second-order valence-electron chi connectivity index (χ2n) is 14.6. The molecule has 8 aromatic carbocycles. The Morgan fingerprint density at radius 3 is 1.74 bits per heavy atom. The number of rotatable bonds is 5. The van der Waals surface area contributed by atoms with Gasteiger partial charge < -0.3 is 4.57 Å². The Bertz CT molecular complexity index is 3530. The normalized spacial score (nSPS) is 11.9. The molecular weight excluding hydrogens is 713 g/mol. The fourth-order valence-electron chi connectivity index (χ4n) is 8.85. The van der Waals surface area contributed by atoms with Crippen molar-refractivity contribution in [1.29, 1.82) is 0 Å². The summed E-state index contributed by atoms with van der Waals surface area (Å²) in [5.41, 5.74) is 12.5. The Labute approximate surface area is 332 Å². The van der Waals surface area contributed by atoms with Crippen molar-refractivity contribution < 1.29 is 0 Å². The van der Waals surface area contributed by atoms with Gasteiger partial charge in [0.05, 0.1) is 27.8 Å². The summed E-state index contributed by atoms with van der Waals surface area (Å²) in [5.74, 6) is 0.671. The molecule has 0 atom stereocenters. The van der Waals surface area contributed by atoms with Crippen molar-refractivity contribution in [3.05, 3.63) is 193 Å². The third-order valence-electron chi connectivity index (χ3n) is 11.4. The zero-order chi connectivity index (χ0) is 37.5. The summed E-state index contributed by atoms with van der Waals surface area (Å²) in [5, 5.41) is 10.5. The predicted octanol–water partition coefficient (Wildman–Crippen LogP) is 14.0. The molecular formula is C52H32N4S. The molecule has 0 spiro atoms. The van der Waals surface area contributed by atoms with Gasteiger partial charge >= 0.3 is 0 Å². The lowest BCUT2D eigenvalue weighted by atomic mass is 9.96. The van der Waals surface area contributed by atoms with Crippen LogP contribution in [0.25, 0.3) is 110 Å². The van der Waals surface area contributed by atoms with Gasteiger partial charge in [-0.05, 0) is 99.1 Å². The van der Waals surface area contributed by atoms with E-state index < -0.39 is 0 Å². The van der Waals surface area contributed by atoms with E-state index in [1.54, 1.807) is 11.3 Å². The molecule has 0 N–H and O–H groups in total. The molecule has 0 saturated heterocycles. The first-order valence-electron chi connectivity index (χ1n) is 19.2. The van der Waals surface area contributed by atoms with Gasteiger partial charge in [-0.25, -0.2) is 9.97 Å². The number of benzene rings is 8. The van der Waals surface area contributed by atoms with Crippen LogP contribution in [0.15, 0.2) is 193 Å². The lowest BCUT2D eigenvalue weighted by Gasteiger charge is -2.12. The van der Waals surface area contributed by atoms with Gasteiger partial charge in [-0.1, -0.05) is 127 Å². The fraction of sp³-hybridized carbons (Fsp3) is 0. The second-order valence-corrected chi connectivity index (χ2v) is 15.5. The van der Waals surface area contributed by atoms with E-state index in [2.05, 4.69) is 203 Å². The summed E-state index contributed by atoms with van der Waals surface area (Å²) in [4.78, 5) is 11.6. The number of fused-ring (bicyclic) bond motifs is 8. The molecule has 0 aliphatic heterocycles. The van der Waals surface area contributed by atoms with Crippen molar-refractivity contribution in [2.75, 3.05) is 0 Å². The molecule has 0 amide bonds. The number of para-hydroxylation sites is 3. The number of aromatic nitrogens is 4. The summed E-state index contributed by atoms with van der Waals surface area (Å²) >= 11 is 1.66. The van der Waals surface area contributed by atoms with Gasteiger partial charge in [-0.3, -0.25) is 4.57 Å². The first-order chi connectivity index (χ1) is 28.3. The molecule has 57 heavy (non-hydrogen) atoms. The Morgan fingerprint density at radius 2 is 0.965 bits per heavy atom. The van der Waals surface area contributed by atoms with Crippen molar-refractivity contribution in [3.8, 4) is 45.1 Å². The van der Waals surface area contributed by atoms with Crippen LogP contribution in [0.1, 0.15) is 0 Å². The maximum absolute atomic E-state index is 5.41. The van der Waals surface area contributed by atoms with Gasteiger partial charge in [0, 0.05) is 38.2 Å². The van der Waals surface area contributed by atoms with E-state index in [0.29, 0.717) is 5.95 Å². The van der Waals surface area contributed by atoms with Crippen LogP contribution in [0.5, 0.6) is 0 Å². The molecule has 0 unspecified atom stereocenters. The highest BCUT2D eigenvalue weighted by Gasteiger charge is 2.20. The van der Waals surface area contributed by atoms with E-state index in [0.717, 1.165) is 38.2 Å². The maximum atomic E-state index is 5.41. The van der Waals surface area contributed by atoms with Crippen LogP contribution >= 0.6 is 11.3 Å². The summed E-state index contributed by atoms with van der Waals surface area (Å²) in [6, 6.07) is 67.7. The zero-order valence-corrected chi connectivity index (χ0v) is 31.5. The molecule has 266 valence electrons. The van der Waals surface area contributed by atoms with Crippen LogP contribution in [0, 0.1) is 0 Å². The van der Waals surface area contributed by atoms with Crippen LogP contribution in [-0.2, 0) is 0 Å². The molecule has 4 aromatic heterocycles. The smallest absolute Gasteiger partial charge is 0.236 e. The number of hydrogen-bond donors (Lipinski definition) is 0. The van der Waals surface area contributed by atoms with Crippen LogP contribution < -0.4 is 0 Å². The van der Waals surface area contributed by atoms with Crippen LogP contribution in [0.3, 0.4) is 0 Å². The van der Waals surface area contributed by atoms with E-state index in [9.17, 15) is 0 Å². The van der Waals surface area contributed by atoms with Crippen LogP contribution in [0.2, 0.25) is 0 Å². The second kappa shape index (κ2) is 12.6. The molecule has 0 saturated carbocycles. The molecule has 0 aliphatic rings. The zero-order valence-electron chi connectivity index (χ0n) is 30.7. The van der Waals surface area contributed by atoms with Crippen molar-refractivity contribution in [2.45, 2.75) is 0 Å². The highest BCUT2D eigenvalue weighted by atomic mass is 32.1. The minimum atomic E-state index is 0.671. The molecule has 5 heteroatoms. The molecule has 0 radical (unpaired) electrons. The molecule has 4 heterocycles. The summed E-state index contributed by atoms with van der Waals surface area (Å²) < 4.78 is 4.60. The average molecular weight is 745 g/mol. The quantitative estimate of drug-likeness (QED) is 0.176. The molecule has 0 aliphatic carbocycles. The highest BCUT2D eigenvalue weighted by molar-refractivity contribution is 7.16. The van der Waals surface area contributed by atoms with Crippen molar-refractivity contribution in [1.82, 2.24) is 19.1 Å². The minimum Gasteiger partial charge on any atom is -0.309 e. The molecule has 12 aromatic rings. The van der Waals surface area contributed by atoms with E-state index in [1.165, 1.54) is 65.6 Å². The summed E-state index contributed by atoms with van der Waals surface area (Å²) in [7, 11) is 0. The van der Waals surface area contributed by atoms with Gasteiger partial charge in [0.15, 0.2) is 0 Å². The Kier molecular flexibility index (Phi) is 7.06. The largest absolute Gasteiger partial charge is 0.309 e.